The third-order valence-corrected chi connectivity index (χ3v) is 5.77. The average molecular weight is 415 g/mol. The lowest BCUT2D eigenvalue weighted by Gasteiger charge is -2.36. The number of hydrogen-bond donors (Lipinski definition) is 1. The van der Waals surface area contributed by atoms with Gasteiger partial charge < -0.3 is 14.5 Å². The van der Waals surface area contributed by atoms with E-state index in [0.29, 0.717) is 32.0 Å². The van der Waals surface area contributed by atoms with Gasteiger partial charge in [0.1, 0.15) is 16.2 Å². The zero-order valence-corrected chi connectivity index (χ0v) is 17.3. The summed E-state index contributed by atoms with van der Waals surface area (Å²) < 4.78 is 19.0. The van der Waals surface area contributed by atoms with Gasteiger partial charge in [-0.1, -0.05) is 0 Å². The van der Waals surface area contributed by atoms with E-state index in [0.717, 1.165) is 26.5 Å². The first-order chi connectivity index (χ1) is 13.9. The molecule has 0 bridgehead atoms. The molecule has 1 aliphatic rings. The summed E-state index contributed by atoms with van der Waals surface area (Å²) in [6, 6.07) is 6.68. The molecule has 1 saturated heterocycles. The SMILES string of the molecule is COc1nc2cc(C)sc2nc1NC(=O)N1CCN(c2cc(C)cc(F)c2)CC1. The second-order valence-corrected chi connectivity index (χ2v) is 8.25. The fraction of sp³-hybridized carbons (Fsp3) is 0.350. The minimum absolute atomic E-state index is 0.245. The van der Waals surface area contributed by atoms with E-state index < -0.39 is 0 Å². The van der Waals surface area contributed by atoms with E-state index in [1.54, 1.807) is 4.90 Å². The second kappa shape index (κ2) is 7.82. The Hall–Kier alpha value is -2.94. The molecule has 0 unspecified atom stereocenters. The number of halogens is 1. The minimum atomic E-state index is -0.250. The minimum Gasteiger partial charge on any atom is -0.478 e. The number of anilines is 2. The Morgan fingerprint density at radius 2 is 1.90 bits per heavy atom. The molecule has 4 rings (SSSR count). The van der Waals surface area contributed by atoms with E-state index in [1.807, 2.05) is 26.0 Å². The first kappa shape index (κ1) is 19.4. The maximum absolute atomic E-state index is 13.7. The average Bonchev–Trinajstić information content (AvgIpc) is 3.05. The number of aryl methyl sites for hydroxylation is 2. The number of nitrogens with one attached hydrogen (secondary N) is 1. The summed E-state index contributed by atoms with van der Waals surface area (Å²) >= 11 is 1.52. The highest BCUT2D eigenvalue weighted by atomic mass is 32.1. The maximum Gasteiger partial charge on any atom is 0.323 e. The fourth-order valence-corrected chi connectivity index (χ4v) is 4.25. The number of amides is 2. The van der Waals surface area contributed by atoms with Crippen LogP contribution in [0.3, 0.4) is 0 Å². The molecule has 29 heavy (non-hydrogen) atoms. The first-order valence-electron chi connectivity index (χ1n) is 9.33. The van der Waals surface area contributed by atoms with Gasteiger partial charge in [-0.15, -0.1) is 11.3 Å². The Balaban J connectivity index is 1.44. The molecule has 152 valence electrons. The molecule has 3 heterocycles. The number of piperazine rings is 1. The van der Waals surface area contributed by atoms with Crippen LogP contribution in [0.25, 0.3) is 10.3 Å². The molecule has 0 aliphatic carbocycles. The van der Waals surface area contributed by atoms with Crippen molar-refractivity contribution in [1.82, 2.24) is 14.9 Å². The smallest absolute Gasteiger partial charge is 0.323 e. The molecule has 0 spiro atoms. The highest BCUT2D eigenvalue weighted by Crippen LogP contribution is 2.29. The summed E-state index contributed by atoms with van der Waals surface area (Å²) in [5, 5.41) is 2.82. The molecule has 1 N–H and O–H groups in total. The van der Waals surface area contributed by atoms with E-state index in [4.69, 9.17) is 4.74 Å². The zero-order valence-electron chi connectivity index (χ0n) is 16.5. The number of fused-ring (bicyclic) bond motifs is 1. The molecule has 3 aromatic rings. The number of rotatable bonds is 3. The summed E-state index contributed by atoms with van der Waals surface area (Å²) in [5.74, 6) is 0.359. The third kappa shape index (κ3) is 4.09. The van der Waals surface area contributed by atoms with Crippen molar-refractivity contribution in [1.29, 1.82) is 0 Å². The summed E-state index contributed by atoms with van der Waals surface area (Å²) in [4.78, 5) is 27.3. The van der Waals surface area contributed by atoms with Gasteiger partial charge in [0.15, 0.2) is 5.82 Å². The molecule has 1 aliphatic heterocycles. The molecule has 0 radical (unpaired) electrons. The normalized spacial score (nSPS) is 14.3. The third-order valence-electron chi connectivity index (χ3n) is 4.83. The lowest BCUT2D eigenvalue weighted by molar-refractivity contribution is 0.208. The Labute approximate surface area is 172 Å². The highest BCUT2D eigenvalue weighted by molar-refractivity contribution is 7.18. The van der Waals surface area contributed by atoms with E-state index in [-0.39, 0.29) is 17.7 Å². The lowest BCUT2D eigenvalue weighted by Crippen LogP contribution is -2.50. The van der Waals surface area contributed by atoms with Crippen LogP contribution in [0, 0.1) is 19.7 Å². The van der Waals surface area contributed by atoms with Crippen LogP contribution in [0.4, 0.5) is 20.7 Å². The van der Waals surface area contributed by atoms with Gasteiger partial charge >= 0.3 is 6.03 Å². The fourth-order valence-electron chi connectivity index (χ4n) is 3.43. The molecule has 0 saturated carbocycles. The molecule has 2 amide bonds. The van der Waals surface area contributed by atoms with Gasteiger partial charge in [-0.3, -0.25) is 5.32 Å². The first-order valence-corrected chi connectivity index (χ1v) is 10.1. The lowest BCUT2D eigenvalue weighted by atomic mass is 10.2. The van der Waals surface area contributed by atoms with E-state index in [1.165, 1.54) is 30.6 Å². The number of carbonyl (C=O) groups is 1. The topological polar surface area (TPSA) is 70.6 Å². The number of hydrogen-bond acceptors (Lipinski definition) is 6. The van der Waals surface area contributed by atoms with Gasteiger partial charge in [-0.2, -0.15) is 0 Å². The van der Waals surface area contributed by atoms with E-state index >= 15 is 0 Å². The highest BCUT2D eigenvalue weighted by Gasteiger charge is 2.23. The zero-order chi connectivity index (χ0) is 20.5. The number of methoxy groups -OCH3 is 1. The van der Waals surface area contributed by atoms with Crippen molar-refractivity contribution in [2.75, 3.05) is 43.5 Å². The number of thiophene rings is 1. The quantitative estimate of drug-likeness (QED) is 0.704. The van der Waals surface area contributed by atoms with Crippen LogP contribution in [0.2, 0.25) is 0 Å². The molecule has 2 aromatic heterocycles. The largest absolute Gasteiger partial charge is 0.478 e. The number of nitrogens with zero attached hydrogens (tertiary/aromatic N) is 4. The summed E-state index contributed by atoms with van der Waals surface area (Å²) in [7, 11) is 1.50. The molecule has 9 heteroatoms. The van der Waals surface area contributed by atoms with Crippen molar-refractivity contribution >= 4 is 39.2 Å². The monoisotopic (exact) mass is 415 g/mol. The van der Waals surface area contributed by atoms with Crippen LogP contribution in [-0.2, 0) is 0 Å². The summed E-state index contributed by atoms with van der Waals surface area (Å²) in [5.41, 5.74) is 2.47. The van der Waals surface area contributed by atoms with Crippen LogP contribution in [-0.4, -0.2) is 54.2 Å². The van der Waals surface area contributed by atoms with Crippen molar-refractivity contribution in [3.05, 3.63) is 40.5 Å². The Kier molecular flexibility index (Phi) is 5.23. The van der Waals surface area contributed by atoms with Crippen LogP contribution < -0.4 is 15.0 Å². The van der Waals surface area contributed by atoms with Crippen LogP contribution >= 0.6 is 11.3 Å². The number of carbonyl (C=O) groups excluding carboxylic acids is 1. The Morgan fingerprint density at radius 3 is 2.59 bits per heavy atom. The summed E-state index contributed by atoms with van der Waals surface area (Å²) in [6.07, 6.45) is 0. The molecular weight excluding hydrogens is 393 g/mol. The predicted octanol–water partition coefficient (Wildman–Crippen LogP) is 3.81. The number of urea groups is 1. The van der Waals surface area contributed by atoms with Gasteiger partial charge in [0.05, 0.1) is 7.11 Å². The maximum atomic E-state index is 13.7. The second-order valence-electron chi connectivity index (χ2n) is 7.02. The molecule has 7 nitrogen and oxygen atoms in total. The molecule has 0 atom stereocenters. The van der Waals surface area contributed by atoms with Crippen LogP contribution in [0.15, 0.2) is 24.3 Å². The Morgan fingerprint density at radius 1 is 1.14 bits per heavy atom. The van der Waals surface area contributed by atoms with E-state index in [9.17, 15) is 9.18 Å². The molecule has 1 fully saturated rings. The van der Waals surface area contributed by atoms with Crippen molar-refractivity contribution in [2.45, 2.75) is 13.8 Å². The molecular formula is C20H22FN5O2S. The number of aromatic nitrogens is 2. The van der Waals surface area contributed by atoms with Gasteiger partial charge in [-0.25, -0.2) is 19.2 Å². The molecule has 1 aromatic carbocycles. The van der Waals surface area contributed by atoms with Gasteiger partial charge in [0, 0.05) is 36.7 Å². The van der Waals surface area contributed by atoms with Gasteiger partial charge in [-0.05, 0) is 43.7 Å². The van der Waals surface area contributed by atoms with Crippen LogP contribution in [0.1, 0.15) is 10.4 Å². The predicted molar refractivity (Wildman–Crippen MR) is 113 cm³/mol. The van der Waals surface area contributed by atoms with Crippen molar-refractivity contribution in [3.63, 3.8) is 0 Å². The van der Waals surface area contributed by atoms with Crippen molar-refractivity contribution in [3.8, 4) is 5.88 Å². The summed E-state index contributed by atoms with van der Waals surface area (Å²) in [6.45, 7) is 6.16. The van der Waals surface area contributed by atoms with Crippen LogP contribution in [0.5, 0.6) is 5.88 Å². The van der Waals surface area contributed by atoms with E-state index in [2.05, 4.69) is 20.2 Å². The van der Waals surface area contributed by atoms with Crippen molar-refractivity contribution in [2.24, 2.45) is 0 Å². The van der Waals surface area contributed by atoms with Gasteiger partial charge in [0.25, 0.3) is 5.88 Å². The Bertz CT molecular complexity index is 1040. The standard InChI is InChI=1S/C20H22FN5O2S/c1-12-8-14(21)11-15(9-12)25-4-6-26(7-5-25)20(27)24-17-18(28-3)22-16-10-13(2)29-19(16)23-17/h8-11H,4-7H2,1-3H3,(H,23,24,27). The number of ether oxygens (including phenoxy) is 1. The van der Waals surface area contributed by atoms with Crippen molar-refractivity contribution < 1.29 is 13.9 Å². The number of benzene rings is 1. The van der Waals surface area contributed by atoms with Gasteiger partial charge in [0.2, 0.25) is 0 Å².